The van der Waals surface area contributed by atoms with Gasteiger partial charge in [-0.3, -0.25) is 14.9 Å². The van der Waals surface area contributed by atoms with Crippen molar-refractivity contribution in [3.8, 4) is 0 Å². The lowest BCUT2D eigenvalue weighted by molar-refractivity contribution is -0.170. The second kappa shape index (κ2) is 7.63. The van der Waals surface area contributed by atoms with Crippen LogP contribution < -0.4 is 5.32 Å². The van der Waals surface area contributed by atoms with E-state index in [1.165, 1.54) is 12.2 Å². The molecule has 0 aliphatic heterocycles. The highest BCUT2D eigenvalue weighted by Gasteiger charge is 2.17. The molecular formula is C12H18ClN2O2S+. The van der Waals surface area contributed by atoms with Gasteiger partial charge in [-0.25, -0.2) is 5.06 Å². The number of carbonyl (C=O) groups is 1. The maximum Gasteiger partial charge on any atom is 0.262 e. The van der Waals surface area contributed by atoms with Crippen molar-refractivity contribution in [1.29, 1.82) is 0 Å². The highest BCUT2D eigenvalue weighted by atomic mass is 35.5. The fourth-order valence-electron chi connectivity index (χ4n) is 1.27. The summed E-state index contributed by atoms with van der Waals surface area (Å²) in [6.45, 7) is 1.81. The van der Waals surface area contributed by atoms with Gasteiger partial charge in [-0.2, -0.15) is 0 Å². The van der Waals surface area contributed by atoms with Crippen molar-refractivity contribution >= 4 is 29.3 Å². The summed E-state index contributed by atoms with van der Waals surface area (Å²) < 4.78 is 0. The maximum absolute atomic E-state index is 11.7. The van der Waals surface area contributed by atoms with Crippen LogP contribution in [0.5, 0.6) is 0 Å². The van der Waals surface area contributed by atoms with Crippen molar-refractivity contribution in [2.24, 2.45) is 0 Å². The van der Waals surface area contributed by atoms with E-state index in [1.54, 1.807) is 7.05 Å². The Balaban J connectivity index is 2.33. The molecule has 0 aliphatic rings. The third-order valence-corrected chi connectivity index (χ3v) is 3.70. The summed E-state index contributed by atoms with van der Waals surface area (Å²) in [4.78, 5) is 17.7. The molecular weight excluding hydrogens is 272 g/mol. The van der Waals surface area contributed by atoms with E-state index in [9.17, 15) is 4.79 Å². The first kappa shape index (κ1) is 15.3. The van der Waals surface area contributed by atoms with Crippen LogP contribution in [0.15, 0.2) is 29.2 Å². The third-order valence-electron chi connectivity index (χ3n) is 2.44. The van der Waals surface area contributed by atoms with E-state index in [0.717, 1.165) is 21.7 Å². The quantitative estimate of drug-likeness (QED) is 0.490. The van der Waals surface area contributed by atoms with Crippen molar-refractivity contribution in [2.45, 2.75) is 17.9 Å². The van der Waals surface area contributed by atoms with Crippen molar-refractivity contribution in [2.75, 3.05) is 20.0 Å². The lowest BCUT2D eigenvalue weighted by Gasteiger charge is -2.18. The zero-order chi connectivity index (χ0) is 13.5. The Morgan fingerprint density at radius 2 is 2.11 bits per heavy atom. The third kappa shape index (κ3) is 4.86. The van der Waals surface area contributed by atoms with Gasteiger partial charge in [0.05, 0.1) is 13.2 Å². The molecule has 0 fully saturated rings. The zero-order valence-electron chi connectivity index (χ0n) is 10.7. The smallest absolute Gasteiger partial charge is 0.262 e. The van der Waals surface area contributed by atoms with Crippen LogP contribution in [0.3, 0.4) is 0 Å². The zero-order valence-corrected chi connectivity index (χ0v) is 12.3. The van der Waals surface area contributed by atoms with Crippen LogP contribution in [0.1, 0.15) is 6.92 Å². The van der Waals surface area contributed by atoms with Crippen molar-refractivity contribution in [1.82, 2.24) is 10.4 Å². The lowest BCUT2D eigenvalue weighted by atomic mass is 10.3. The molecule has 0 spiro atoms. The summed E-state index contributed by atoms with van der Waals surface area (Å²) in [6, 6.07) is 7.39. The lowest BCUT2D eigenvalue weighted by Crippen LogP contribution is -2.43. The Morgan fingerprint density at radius 3 is 2.67 bits per heavy atom. The van der Waals surface area contributed by atoms with E-state index in [-0.39, 0.29) is 11.9 Å². The normalized spacial score (nSPS) is 12.2. The van der Waals surface area contributed by atoms with Gasteiger partial charge in [-0.15, -0.1) is 0 Å². The van der Waals surface area contributed by atoms with Crippen LogP contribution in [0.4, 0.5) is 0 Å². The van der Waals surface area contributed by atoms with Gasteiger partial charge in [-0.05, 0) is 31.2 Å². The van der Waals surface area contributed by atoms with Crippen LogP contribution in [0, 0.1) is 0 Å². The molecule has 0 heterocycles. The molecule has 1 aromatic rings. The summed E-state index contributed by atoms with van der Waals surface area (Å²) >= 11 is 6.91. The highest BCUT2D eigenvalue weighted by molar-refractivity contribution is 7.78. The average Bonchev–Trinajstić information content (AvgIpc) is 2.39. The molecule has 0 bridgehead atoms. The largest absolute Gasteiger partial charge is 0.275 e. The van der Waals surface area contributed by atoms with Gasteiger partial charge in [-0.1, -0.05) is 11.6 Å². The fourth-order valence-corrected chi connectivity index (χ4v) is 2.30. The molecule has 0 aromatic heterocycles. The SMILES string of the molecule is CON(C)C(=O)C(C)NC[SH+]c1ccc(Cl)cc1. The number of hydrogen-bond donors (Lipinski definition) is 1. The van der Waals surface area contributed by atoms with E-state index in [1.807, 2.05) is 31.2 Å². The van der Waals surface area contributed by atoms with Gasteiger partial charge in [0, 0.05) is 23.8 Å². The van der Waals surface area contributed by atoms with E-state index < -0.39 is 0 Å². The minimum absolute atomic E-state index is 0.0937. The van der Waals surface area contributed by atoms with Gasteiger partial charge in [0.15, 0.2) is 10.8 Å². The second-order valence-electron chi connectivity index (χ2n) is 3.74. The molecule has 1 atom stereocenters. The van der Waals surface area contributed by atoms with E-state index in [0.29, 0.717) is 5.88 Å². The van der Waals surface area contributed by atoms with Gasteiger partial charge < -0.3 is 0 Å². The molecule has 6 heteroatoms. The first-order chi connectivity index (χ1) is 8.54. The predicted octanol–water partition coefficient (Wildman–Crippen LogP) is 1.47. The summed E-state index contributed by atoms with van der Waals surface area (Å²) in [5, 5.41) is 5.09. The standard InChI is InChI=1S/C12H17ClN2O2S/c1-9(12(16)15(2)17-3)14-8-18-11-6-4-10(13)5-7-11/h4-7,9,14H,8H2,1-3H3/p+1. The number of nitrogens with one attached hydrogen (secondary N) is 1. The molecule has 0 radical (unpaired) electrons. The average molecular weight is 290 g/mol. The Bertz CT molecular complexity index is 386. The van der Waals surface area contributed by atoms with E-state index in [2.05, 4.69) is 5.32 Å². The van der Waals surface area contributed by atoms with Gasteiger partial charge in [0.1, 0.15) is 0 Å². The molecule has 1 N–H and O–H groups in total. The Kier molecular flexibility index (Phi) is 6.49. The number of rotatable bonds is 6. The first-order valence-corrected chi connectivity index (χ1v) is 6.98. The Hall–Kier alpha value is -0.750. The van der Waals surface area contributed by atoms with Crippen LogP contribution >= 0.6 is 11.6 Å². The van der Waals surface area contributed by atoms with Crippen LogP contribution in [0.25, 0.3) is 0 Å². The molecule has 0 aliphatic carbocycles. The summed E-state index contributed by atoms with van der Waals surface area (Å²) in [5.74, 6) is 0.607. The molecule has 0 saturated carbocycles. The summed E-state index contributed by atoms with van der Waals surface area (Å²) in [5.41, 5.74) is 0. The number of likely N-dealkylation sites (N-methyl/N-ethyl adjacent to an activating group) is 1. The molecule has 4 nitrogen and oxygen atoms in total. The van der Waals surface area contributed by atoms with Gasteiger partial charge >= 0.3 is 0 Å². The Morgan fingerprint density at radius 1 is 1.50 bits per heavy atom. The van der Waals surface area contributed by atoms with Gasteiger partial charge in [0.25, 0.3) is 5.91 Å². The fraction of sp³-hybridized carbons (Fsp3) is 0.417. The van der Waals surface area contributed by atoms with Crippen molar-refractivity contribution < 1.29 is 9.63 Å². The van der Waals surface area contributed by atoms with Crippen LogP contribution in [-0.4, -0.2) is 37.0 Å². The summed E-state index contributed by atoms with van der Waals surface area (Å²) in [6.07, 6.45) is 0. The minimum Gasteiger partial charge on any atom is -0.275 e. The number of thiol groups is 1. The summed E-state index contributed by atoms with van der Waals surface area (Å²) in [7, 11) is 3.06. The molecule has 1 aromatic carbocycles. The number of carbonyl (C=O) groups excluding carboxylic acids is 1. The number of hydroxylamine groups is 2. The number of amides is 1. The Labute approximate surface area is 117 Å². The topological polar surface area (TPSA) is 41.6 Å². The first-order valence-electron chi connectivity index (χ1n) is 5.52. The van der Waals surface area contributed by atoms with Crippen molar-refractivity contribution in [3.05, 3.63) is 29.3 Å². The minimum atomic E-state index is -0.269. The number of nitrogens with zero attached hydrogens (tertiary/aromatic N) is 1. The predicted molar refractivity (Wildman–Crippen MR) is 75.7 cm³/mol. The second-order valence-corrected chi connectivity index (χ2v) is 5.32. The molecule has 1 rings (SSSR count). The number of hydrogen-bond acceptors (Lipinski definition) is 3. The number of halogens is 1. The molecule has 1 unspecified atom stereocenters. The molecule has 0 saturated heterocycles. The monoisotopic (exact) mass is 289 g/mol. The van der Waals surface area contributed by atoms with Crippen LogP contribution in [0.2, 0.25) is 5.02 Å². The maximum atomic E-state index is 11.7. The highest BCUT2D eigenvalue weighted by Crippen LogP contribution is 2.10. The van der Waals surface area contributed by atoms with Gasteiger partial charge in [0.2, 0.25) is 0 Å². The van der Waals surface area contributed by atoms with Crippen molar-refractivity contribution in [3.63, 3.8) is 0 Å². The molecule has 100 valence electrons. The van der Waals surface area contributed by atoms with Crippen LogP contribution in [-0.2, 0) is 21.4 Å². The van der Waals surface area contributed by atoms with E-state index in [4.69, 9.17) is 16.4 Å². The number of benzene rings is 1. The van der Waals surface area contributed by atoms with E-state index >= 15 is 0 Å². The molecule has 1 amide bonds. The molecule has 18 heavy (non-hydrogen) atoms.